The van der Waals surface area contributed by atoms with Crippen LogP contribution < -0.4 is 10.6 Å². The number of hydrogen-bond donors (Lipinski definition) is 3. The van der Waals surface area contributed by atoms with E-state index in [1.807, 2.05) is 7.05 Å². The summed E-state index contributed by atoms with van der Waals surface area (Å²) in [5.41, 5.74) is 1.57. The number of fused-ring (bicyclic) bond motifs is 1. The number of nitrogens with one attached hydrogen (secondary N) is 3. The van der Waals surface area contributed by atoms with Crippen LogP contribution >= 0.6 is 0 Å². The Hall–Kier alpha value is -1.85. The fraction of sp³-hybridized carbons (Fsp3) is 0.615. The molecule has 3 N–H and O–H groups in total. The first-order chi connectivity index (χ1) is 9.28. The molecule has 0 aliphatic heterocycles. The molecule has 19 heavy (non-hydrogen) atoms. The quantitative estimate of drug-likeness (QED) is 0.786. The molecule has 1 aliphatic carbocycles. The highest BCUT2D eigenvalue weighted by molar-refractivity contribution is 5.83. The fourth-order valence-electron chi connectivity index (χ4n) is 2.84. The van der Waals surface area contributed by atoms with Gasteiger partial charge < -0.3 is 15.6 Å². The van der Waals surface area contributed by atoms with Crippen LogP contribution in [0.15, 0.2) is 6.33 Å². The van der Waals surface area contributed by atoms with Gasteiger partial charge in [0, 0.05) is 13.1 Å². The Morgan fingerprint density at radius 3 is 2.84 bits per heavy atom. The van der Waals surface area contributed by atoms with Crippen molar-refractivity contribution >= 4 is 22.9 Å². The second-order valence-corrected chi connectivity index (χ2v) is 5.22. The zero-order valence-corrected chi connectivity index (χ0v) is 11.4. The van der Waals surface area contributed by atoms with Crippen LogP contribution in [0.2, 0.25) is 0 Å². The van der Waals surface area contributed by atoms with Crippen LogP contribution in [0.4, 0.5) is 11.8 Å². The second kappa shape index (κ2) is 5.03. The number of nitrogens with zero attached hydrogens (tertiary/aromatic N) is 3. The molecule has 102 valence electrons. The van der Waals surface area contributed by atoms with Gasteiger partial charge in [0.15, 0.2) is 11.5 Å². The highest BCUT2D eigenvalue weighted by Gasteiger charge is 2.22. The standard InChI is InChI=1S/C13H20N6/c1-8(9-5-3-4-6-9)17-12-10-11(16-7-15-10)18-13(14-2)19-12/h7-9H,3-6H2,1-2H3,(H3,14,15,16,17,18,19). The van der Waals surface area contributed by atoms with Crippen LogP contribution in [0, 0.1) is 5.92 Å². The molecule has 1 aliphatic rings. The van der Waals surface area contributed by atoms with Crippen molar-refractivity contribution in [1.82, 2.24) is 19.9 Å². The molecular weight excluding hydrogens is 240 g/mol. The molecule has 2 heterocycles. The molecule has 0 spiro atoms. The normalized spacial score (nSPS) is 17.8. The Kier molecular flexibility index (Phi) is 3.23. The first-order valence-electron chi connectivity index (χ1n) is 6.93. The molecular formula is C13H20N6. The minimum absolute atomic E-state index is 0.425. The van der Waals surface area contributed by atoms with E-state index in [2.05, 4.69) is 37.5 Å². The summed E-state index contributed by atoms with van der Waals surface area (Å²) in [7, 11) is 1.82. The number of anilines is 2. The smallest absolute Gasteiger partial charge is 0.226 e. The molecule has 0 saturated heterocycles. The van der Waals surface area contributed by atoms with Gasteiger partial charge >= 0.3 is 0 Å². The second-order valence-electron chi connectivity index (χ2n) is 5.22. The lowest BCUT2D eigenvalue weighted by molar-refractivity contribution is 0.481. The van der Waals surface area contributed by atoms with Gasteiger partial charge in [-0.1, -0.05) is 12.8 Å². The van der Waals surface area contributed by atoms with Crippen molar-refractivity contribution in [2.24, 2.45) is 5.92 Å². The molecule has 0 amide bonds. The van der Waals surface area contributed by atoms with Gasteiger partial charge in [-0.3, -0.25) is 0 Å². The van der Waals surface area contributed by atoms with Gasteiger partial charge in [-0.25, -0.2) is 4.98 Å². The number of hydrogen-bond acceptors (Lipinski definition) is 5. The van der Waals surface area contributed by atoms with Crippen LogP contribution in [-0.2, 0) is 0 Å². The fourth-order valence-corrected chi connectivity index (χ4v) is 2.84. The third kappa shape index (κ3) is 2.34. The van der Waals surface area contributed by atoms with Crippen molar-refractivity contribution in [3.8, 4) is 0 Å². The predicted octanol–water partition coefficient (Wildman–Crippen LogP) is 2.39. The lowest BCUT2D eigenvalue weighted by atomic mass is 10.00. The van der Waals surface area contributed by atoms with Gasteiger partial charge in [0.05, 0.1) is 6.33 Å². The number of aromatic nitrogens is 4. The number of H-pyrrole nitrogens is 1. The van der Waals surface area contributed by atoms with Crippen molar-refractivity contribution in [1.29, 1.82) is 0 Å². The molecule has 1 atom stereocenters. The van der Waals surface area contributed by atoms with E-state index in [0.29, 0.717) is 17.6 Å². The summed E-state index contributed by atoms with van der Waals surface area (Å²) in [4.78, 5) is 16.1. The predicted molar refractivity (Wildman–Crippen MR) is 76.3 cm³/mol. The van der Waals surface area contributed by atoms with E-state index in [4.69, 9.17) is 0 Å². The van der Waals surface area contributed by atoms with Crippen LogP contribution in [-0.4, -0.2) is 33.0 Å². The van der Waals surface area contributed by atoms with Gasteiger partial charge in [-0.2, -0.15) is 9.97 Å². The molecule has 0 bridgehead atoms. The Balaban J connectivity index is 1.88. The lowest BCUT2D eigenvalue weighted by Gasteiger charge is -2.21. The molecule has 1 saturated carbocycles. The molecule has 3 rings (SSSR count). The summed E-state index contributed by atoms with van der Waals surface area (Å²) >= 11 is 0. The molecule has 1 fully saturated rings. The monoisotopic (exact) mass is 260 g/mol. The Morgan fingerprint density at radius 2 is 2.11 bits per heavy atom. The van der Waals surface area contributed by atoms with Crippen molar-refractivity contribution in [3.63, 3.8) is 0 Å². The van der Waals surface area contributed by atoms with Crippen LogP contribution in [0.3, 0.4) is 0 Å². The average Bonchev–Trinajstić information content (AvgIpc) is 3.09. The summed E-state index contributed by atoms with van der Waals surface area (Å²) in [6.45, 7) is 2.24. The summed E-state index contributed by atoms with van der Waals surface area (Å²) < 4.78 is 0. The van der Waals surface area contributed by atoms with E-state index in [1.54, 1.807) is 6.33 Å². The number of rotatable bonds is 4. The zero-order valence-electron chi connectivity index (χ0n) is 11.4. The van der Waals surface area contributed by atoms with Crippen LogP contribution in [0.25, 0.3) is 11.2 Å². The van der Waals surface area contributed by atoms with Crippen LogP contribution in [0.1, 0.15) is 32.6 Å². The molecule has 2 aromatic rings. The third-order valence-corrected chi connectivity index (χ3v) is 3.98. The lowest BCUT2D eigenvalue weighted by Crippen LogP contribution is -2.24. The maximum Gasteiger partial charge on any atom is 0.226 e. The molecule has 1 unspecified atom stereocenters. The van der Waals surface area contributed by atoms with Gasteiger partial charge in [-0.15, -0.1) is 0 Å². The van der Waals surface area contributed by atoms with E-state index in [9.17, 15) is 0 Å². The van der Waals surface area contributed by atoms with Gasteiger partial charge in [0.25, 0.3) is 0 Å². The maximum atomic E-state index is 4.50. The van der Waals surface area contributed by atoms with Crippen molar-refractivity contribution in [2.45, 2.75) is 38.6 Å². The van der Waals surface area contributed by atoms with Gasteiger partial charge in [0.2, 0.25) is 5.95 Å². The Labute approximate surface area is 112 Å². The maximum absolute atomic E-state index is 4.50. The summed E-state index contributed by atoms with van der Waals surface area (Å²) in [5.74, 6) is 2.18. The zero-order chi connectivity index (χ0) is 13.2. The first kappa shape index (κ1) is 12.2. The van der Waals surface area contributed by atoms with Crippen molar-refractivity contribution < 1.29 is 0 Å². The van der Waals surface area contributed by atoms with Gasteiger partial charge in [0.1, 0.15) is 5.52 Å². The molecule has 2 aromatic heterocycles. The average molecular weight is 260 g/mol. The summed E-state index contributed by atoms with van der Waals surface area (Å²) in [6.07, 6.45) is 6.97. The van der Waals surface area contributed by atoms with Crippen LogP contribution in [0.5, 0.6) is 0 Å². The molecule has 6 nitrogen and oxygen atoms in total. The highest BCUT2D eigenvalue weighted by atomic mass is 15.2. The SMILES string of the molecule is CNc1nc(NC(C)C2CCCC2)c2[nH]cnc2n1. The summed E-state index contributed by atoms with van der Waals surface area (Å²) in [6, 6.07) is 0.425. The van der Waals surface area contributed by atoms with E-state index in [1.165, 1.54) is 25.7 Å². The number of imidazole rings is 1. The molecule has 6 heteroatoms. The third-order valence-electron chi connectivity index (χ3n) is 3.98. The largest absolute Gasteiger partial charge is 0.365 e. The van der Waals surface area contributed by atoms with E-state index in [-0.39, 0.29) is 0 Å². The highest BCUT2D eigenvalue weighted by Crippen LogP contribution is 2.30. The molecule has 0 aromatic carbocycles. The number of aromatic amines is 1. The van der Waals surface area contributed by atoms with Crippen molar-refractivity contribution in [3.05, 3.63) is 6.33 Å². The Bertz CT molecular complexity index is 557. The summed E-state index contributed by atoms with van der Waals surface area (Å²) in [5, 5.41) is 6.50. The Morgan fingerprint density at radius 1 is 1.32 bits per heavy atom. The topological polar surface area (TPSA) is 78.5 Å². The van der Waals surface area contributed by atoms with E-state index in [0.717, 1.165) is 17.3 Å². The minimum atomic E-state index is 0.425. The molecule has 0 radical (unpaired) electrons. The van der Waals surface area contributed by atoms with Gasteiger partial charge in [-0.05, 0) is 25.7 Å². The van der Waals surface area contributed by atoms with E-state index >= 15 is 0 Å². The first-order valence-corrected chi connectivity index (χ1v) is 6.93. The van der Waals surface area contributed by atoms with E-state index < -0.39 is 0 Å². The minimum Gasteiger partial charge on any atom is -0.365 e. The van der Waals surface area contributed by atoms with Crippen molar-refractivity contribution in [2.75, 3.05) is 17.7 Å².